The monoisotopic (exact) mass is 468 g/mol. The molecule has 1 heterocycles. The Morgan fingerprint density at radius 3 is 2.59 bits per heavy atom. The number of hydrogen-bond donors (Lipinski definition) is 1. The van der Waals surface area contributed by atoms with E-state index in [1.807, 2.05) is 12.2 Å². The highest BCUT2D eigenvalue weighted by Crippen LogP contribution is 2.34. The Balaban J connectivity index is 1.97. The van der Waals surface area contributed by atoms with Crippen LogP contribution in [0.5, 0.6) is 0 Å². The van der Waals surface area contributed by atoms with Crippen molar-refractivity contribution in [2.45, 2.75) is 84.3 Å². The number of Topliss-reactive ketones (excluding diaryl/α,β-unsaturated/α-hetero) is 1. The minimum absolute atomic E-state index is 0.158. The molecule has 2 atom stereocenters. The van der Waals surface area contributed by atoms with E-state index in [-0.39, 0.29) is 17.6 Å². The summed E-state index contributed by atoms with van der Waals surface area (Å²) in [5, 5.41) is 9.52. The lowest BCUT2D eigenvalue weighted by molar-refractivity contribution is -0.165. The zero-order valence-corrected chi connectivity index (χ0v) is 20.6. The van der Waals surface area contributed by atoms with E-state index in [1.54, 1.807) is 32.1 Å². The Morgan fingerprint density at radius 1 is 1.15 bits per heavy atom. The maximum Gasteiger partial charge on any atom is 0.335 e. The Kier molecular flexibility index (Phi) is 10.5. The molecule has 0 aromatic carbocycles. The fourth-order valence-electron chi connectivity index (χ4n) is 3.57. The van der Waals surface area contributed by atoms with Crippen LogP contribution in [0.25, 0.3) is 0 Å². The highest BCUT2D eigenvalue weighted by molar-refractivity contribution is 6.26. The summed E-state index contributed by atoms with van der Waals surface area (Å²) in [5.41, 5.74) is -1.14. The molecule has 0 spiro atoms. The van der Waals surface area contributed by atoms with Gasteiger partial charge in [-0.05, 0) is 51.3 Å². The van der Waals surface area contributed by atoms with Crippen LogP contribution in [0.3, 0.4) is 0 Å². The van der Waals surface area contributed by atoms with Crippen molar-refractivity contribution < 1.29 is 29.0 Å². The summed E-state index contributed by atoms with van der Waals surface area (Å²) in [6, 6.07) is 0. The largest absolute Gasteiger partial charge is 0.468 e. The summed E-state index contributed by atoms with van der Waals surface area (Å²) >= 11 is 0. The lowest BCUT2D eigenvalue weighted by atomic mass is 9.80. The van der Waals surface area contributed by atoms with E-state index in [9.17, 15) is 19.5 Å². The number of carbonyl (C=O) groups is 3. The van der Waals surface area contributed by atoms with Crippen molar-refractivity contribution in [2.75, 3.05) is 0 Å². The van der Waals surface area contributed by atoms with E-state index in [2.05, 4.69) is 13.0 Å². The van der Waals surface area contributed by atoms with Crippen LogP contribution in [0, 0.1) is 0 Å². The standard InChI is InChI=1S/C28H36O6/c1-5-6-7-8-9-10-11-12-13-14-15-20(2)27(32)34-28(4)25(30)18-22-17-23(16-21(3)29)33-19-24(22)26(28)31/h11-15,17-19,21,29H,5-10,16H2,1-4H3/b12-11+,14-13+,20-15+/t21-,28-/m0/s1. The van der Waals surface area contributed by atoms with Gasteiger partial charge in [-0.2, -0.15) is 0 Å². The molecule has 6 nitrogen and oxygen atoms in total. The van der Waals surface area contributed by atoms with Gasteiger partial charge in [0.05, 0.1) is 11.7 Å². The second-order valence-corrected chi connectivity index (χ2v) is 8.89. The number of allylic oxidation sites excluding steroid dienone is 7. The van der Waals surface area contributed by atoms with Crippen LogP contribution in [0.4, 0.5) is 0 Å². The maximum atomic E-state index is 13.0. The maximum absolute atomic E-state index is 13.0. The zero-order valence-electron chi connectivity index (χ0n) is 20.6. The fourth-order valence-corrected chi connectivity index (χ4v) is 3.57. The molecule has 0 saturated heterocycles. The van der Waals surface area contributed by atoms with Crippen LogP contribution in [0.15, 0.2) is 71.3 Å². The topological polar surface area (TPSA) is 89.9 Å². The van der Waals surface area contributed by atoms with Crippen molar-refractivity contribution in [3.05, 3.63) is 71.3 Å². The second kappa shape index (κ2) is 13.0. The molecular formula is C28H36O6. The number of rotatable bonds is 12. The van der Waals surface area contributed by atoms with Crippen molar-refractivity contribution in [2.24, 2.45) is 0 Å². The molecule has 34 heavy (non-hydrogen) atoms. The molecule has 184 valence electrons. The summed E-state index contributed by atoms with van der Waals surface area (Å²) in [4.78, 5) is 38.3. The Bertz CT molecular complexity index is 957. The van der Waals surface area contributed by atoms with E-state index in [1.165, 1.54) is 51.4 Å². The van der Waals surface area contributed by atoms with Crippen molar-refractivity contribution in [1.29, 1.82) is 0 Å². The molecule has 0 saturated carbocycles. The molecule has 6 heteroatoms. The van der Waals surface area contributed by atoms with Crippen molar-refractivity contribution in [1.82, 2.24) is 0 Å². The lowest BCUT2D eigenvalue weighted by Crippen LogP contribution is -2.50. The summed E-state index contributed by atoms with van der Waals surface area (Å²) in [6.07, 6.45) is 20.1. The van der Waals surface area contributed by atoms with Crippen molar-refractivity contribution >= 4 is 17.5 Å². The molecule has 2 aliphatic rings. The molecule has 0 fully saturated rings. The average molecular weight is 469 g/mol. The molecule has 0 radical (unpaired) electrons. The van der Waals surface area contributed by atoms with Crippen LogP contribution in [0.1, 0.15) is 72.6 Å². The number of ketones is 2. The zero-order chi connectivity index (χ0) is 25.1. The van der Waals surface area contributed by atoms with E-state index < -0.39 is 29.2 Å². The normalized spacial score (nSPS) is 21.7. The van der Waals surface area contributed by atoms with E-state index in [0.29, 0.717) is 11.3 Å². The van der Waals surface area contributed by atoms with Crippen LogP contribution in [-0.4, -0.2) is 34.3 Å². The first-order valence-corrected chi connectivity index (χ1v) is 12.0. The van der Waals surface area contributed by atoms with Gasteiger partial charge in [-0.25, -0.2) is 4.79 Å². The molecule has 1 N–H and O–H groups in total. The van der Waals surface area contributed by atoms with Gasteiger partial charge in [-0.15, -0.1) is 0 Å². The SMILES string of the molecule is CCCCCCC/C=C/C=C/C=C(\C)C(=O)O[C@@]1(C)C(=O)C=C2C=C(C[C@H](C)O)OC=C2C1=O. The van der Waals surface area contributed by atoms with Crippen LogP contribution >= 0.6 is 0 Å². The number of fused-ring (bicyclic) bond motifs is 1. The van der Waals surface area contributed by atoms with Gasteiger partial charge in [0.2, 0.25) is 17.2 Å². The lowest BCUT2D eigenvalue weighted by Gasteiger charge is -2.31. The van der Waals surface area contributed by atoms with Gasteiger partial charge in [0.1, 0.15) is 12.0 Å². The highest BCUT2D eigenvalue weighted by Gasteiger charge is 2.49. The average Bonchev–Trinajstić information content (AvgIpc) is 2.78. The number of aliphatic hydroxyl groups is 1. The summed E-state index contributed by atoms with van der Waals surface area (Å²) in [6.45, 7) is 6.68. The third-order valence-electron chi connectivity index (χ3n) is 5.68. The quantitative estimate of drug-likeness (QED) is 0.136. The number of esters is 1. The molecule has 1 aliphatic heterocycles. The Labute approximate surface area is 202 Å². The molecule has 0 amide bonds. The van der Waals surface area contributed by atoms with Crippen LogP contribution < -0.4 is 0 Å². The summed E-state index contributed by atoms with van der Waals surface area (Å²) in [5.74, 6) is -1.55. The van der Waals surface area contributed by atoms with E-state index in [4.69, 9.17) is 9.47 Å². The predicted octanol–water partition coefficient (Wildman–Crippen LogP) is 5.35. The van der Waals surface area contributed by atoms with E-state index in [0.717, 1.165) is 6.42 Å². The fraction of sp³-hybridized carbons (Fsp3) is 0.464. The first kappa shape index (κ1) is 27.3. The minimum Gasteiger partial charge on any atom is -0.468 e. The van der Waals surface area contributed by atoms with Gasteiger partial charge >= 0.3 is 5.97 Å². The third-order valence-corrected chi connectivity index (χ3v) is 5.68. The number of carbonyl (C=O) groups excluding carboxylic acids is 3. The molecule has 2 rings (SSSR count). The second-order valence-electron chi connectivity index (χ2n) is 8.89. The number of unbranched alkanes of at least 4 members (excludes halogenated alkanes) is 5. The molecule has 1 aliphatic carbocycles. The molecule has 0 unspecified atom stereocenters. The summed E-state index contributed by atoms with van der Waals surface area (Å²) in [7, 11) is 0. The van der Waals surface area contributed by atoms with Crippen LogP contribution in [-0.2, 0) is 23.9 Å². The van der Waals surface area contributed by atoms with Gasteiger partial charge in [0.15, 0.2) is 0 Å². The number of aliphatic hydroxyl groups excluding tert-OH is 1. The van der Waals surface area contributed by atoms with E-state index >= 15 is 0 Å². The minimum atomic E-state index is -1.96. The Morgan fingerprint density at radius 2 is 1.88 bits per heavy atom. The van der Waals surface area contributed by atoms with Crippen molar-refractivity contribution in [3.63, 3.8) is 0 Å². The van der Waals surface area contributed by atoms with Gasteiger partial charge in [0, 0.05) is 12.0 Å². The number of ether oxygens (including phenoxy) is 2. The summed E-state index contributed by atoms with van der Waals surface area (Å²) < 4.78 is 10.8. The number of hydrogen-bond acceptors (Lipinski definition) is 6. The molecule has 0 aromatic rings. The molecule has 0 aromatic heterocycles. The van der Waals surface area contributed by atoms with Gasteiger partial charge < -0.3 is 14.6 Å². The molecule has 0 bridgehead atoms. The van der Waals surface area contributed by atoms with Gasteiger partial charge in [-0.3, -0.25) is 9.59 Å². The van der Waals surface area contributed by atoms with Crippen molar-refractivity contribution in [3.8, 4) is 0 Å². The van der Waals surface area contributed by atoms with Crippen LogP contribution in [0.2, 0.25) is 0 Å². The van der Waals surface area contributed by atoms with Gasteiger partial charge in [0.25, 0.3) is 0 Å². The molecular weight excluding hydrogens is 432 g/mol. The first-order chi connectivity index (χ1) is 16.2. The smallest absolute Gasteiger partial charge is 0.335 e. The van der Waals surface area contributed by atoms with Gasteiger partial charge in [-0.1, -0.05) is 63.0 Å². The first-order valence-electron chi connectivity index (χ1n) is 12.0. The Hall–Kier alpha value is -2.99. The third kappa shape index (κ3) is 7.52. The predicted molar refractivity (Wildman–Crippen MR) is 132 cm³/mol. The highest BCUT2D eigenvalue weighted by atomic mass is 16.6.